The minimum Gasteiger partial charge on any atom is -0.450 e. The standard InChI is InChI=1S/C24H28N4O6/c1-3-33-23(32)27-12-10-26(11-13-27)21(30)19-18-8-9-24(34-18)14-28(22(31)20(19)24)17-6-4-16(5-7-17)25-15(2)29/h4-9,18-20H,3,10-14H2,1-2H3,(H,25,29)/t18-,19-,20+,24-/m1/s1. The largest absolute Gasteiger partial charge is 0.450 e. The molecule has 4 amide bonds. The highest BCUT2D eigenvalue weighted by Crippen LogP contribution is 2.53. The molecule has 2 bridgehead atoms. The zero-order valence-corrected chi connectivity index (χ0v) is 19.2. The van der Waals surface area contributed by atoms with Gasteiger partial charge in [0.2, 0.25) is 17.7 Å². The summed E-state index contributed by atoms with van der Waals surface area (Å²) in [4.78, 5) is 55.3. The zero-order valence-electron chi connectivity index (χ0n) is 19.2. The van der Waals surface area contributed by atoms with E-state index < -0.39 is 23.5 Å². The minimum atomic E-state index is -0.814. The van der Waals surface area contributed by atoms with Crippen LogP contribution in [-0.2, 0) is 23.9 Å². The molecule has 10 nitrogen and oxygen atoms in total. The van der Waals surface area contributed by atoms with Crippen molar-refractivity contribution in [1.82, 2.24) is 9.80 Å². The summed E-state index contributed by atoms with van der Waals surface area (Å²) in [5, 5.41) is 2.71. The lowest BCUT2D eigenvalue weighted by atomic mass is 9.76. The van der Waals surface area contributed by atoms with Gasteiger partial charge < -0.3 is 29.5 Å². The summed E-state index contributed by atoms with van der Waals surface area (Å²) < 4.78 is 11.3. The molecule has 0 aliphatic carbocycles. The van der Waals surface area contributed by atoms with Gasteiger partial charge in [-0.25, -0.2) is 4.79 Å². The summed E-state index contributed by atoms with van der Waals surface area (Å²) in [6.07, 6.45) is 3.03. The van der Waals surface area contributed by atoms with Crippen LogP contribution < -0.4 is 10.2 Å². The fraction of sp³-hybridized carbons (Fsp3) is 0.500. The van der Waals surface area contributed by atoms with Crippen LogP contribution in [0.3, 0.4) is 0 Å². The van der Waals surface area contributed by atoms with E-state index in [9.17, 15) is 19.2 Å². The number of hydrogen-bond acceptors (Lipinski definition) is 6. The third kappa shape index (κ3) is 3.62. The molecule has 4 heterocycles. The Labute approximate surface area is 197 Å². The first-order chi connectivity index (χ1) is 16.3. The highest BCUT2D eigenvalue weighted by atomic mass is 16.6. The Morgan fingerprint density at radius 1 is 1.12 bits per heavy atom. The zero-order chi connectivity index (χ0) is 24.0. The summed E-state index contributed by atoms with van der Waals surface area (Å²) in [7, 11) is 0. The second kappa shape index (κ2) is 8.43. The number of fused-ring (bicyclic) bond motifs is 1. The summed E-state index contributed by atoms with van der Waals surface area (Å²) in [5.74, 6) is -1.59. The number of carbonyl (C=O) groups is 4. The quantitative estimate of drug-likeness (QED) is 0.666. The van der Waals surface area contributed by atoms with Crippen LogP contribution in [0.1, 0.15) is 13.8 Å². The Bertz CT molecular complexity index is 1050. The smallest absolute Gasteiger partial charge is 0.409 e. The van der Waals surface area contributed by atoms with Crippen molar-refractivity contribution in [3.63, 3.8) is 0 Å². The molecule has 34 heavy (non-hydrogen) atoms. The molecular formula is C24H28N4O6. The third-order valence-electron chi connectivity index (χ3n) is 7.00. The van der Waals surface area contributed by atoms with Crippen molar-refractivity contribution in [2.75, 3.05) is 49.5 Å². The van der Waals surface area contributed by atoms with E-state index in [4.69, 9.17) is 9.47 Å². The van der Waals surface area contributed by atoms with E-state index in [1.54, 1.807) is 45.9 Å². The van der Waals surface area contributed by atoms with E-state index in [1.165, 1.54) is 6.92 Å². The molecule has 5 rings (SSSR count). The van der Waals surface area contributed by atoms with Gasteiger partial charge in [0, 0.05) is 44.5 Å². The predicted octanol–water partition coefficient (Wildman–Crippen LogP) is 1.23. The number of nitrogens with zero attached hydrogens (tertiary/aromatic N) is 3. The molecule has 3 saturated heterocycles. The van der Waals surface area contributed by atoms with Crippen LogP contribution in [0.15, 0.2) is 36.4 Å². The van der Waals surface area contributed by atoms with E-state index in [0.29, 0.717) is 50.7 Å². The first-order valence-corrected chi connectivity index (χ1v) is 11.6. The second-order valence-electron chi connectivity index (χ2n) is 9.06. The van der Waals surface area contributed by atoms with Crippen molar-refractivity contribution in [2.45, 2.75) is 25.6 Å². The molecule has 0 saturated carbocycles. The van der Waals surface area contributed by atoms with Gasteiger partial charge in [-0.15, -0.1) is 0 Å². The Hall–Kier alpha value is -3.40. The monoisotopic (exact) mass is 468 g/mol. The molecule has 1 N–H and O–H groups in total. The van der Waals surface area contributed by atoms with Gasteiger partial charge in [0.05, 0.1) is 31.1 Å². The number of nitrogens with one attached hydrogen (secondary N) is 1. The van der Waals surface area contributed by atoms with Crippen LogP contribution in [0.2, 0.25) is 0 Å². The number of amides is 4. The maximum atomic E-state index is 13.5. The van der Waals surface area contributed by atoms with E-state index >= 15 is 0 Å². The van der Waals surface area contributed by atoms with Gasteiger partial charge >= 0.3 is 6.09 Å². The molecular weight excluding hydrogens is 440 g/mol. The number of rotatable bonds is 4. The van der Waals surface area contributed by atoms with Crippen LogP contribution >= 0.6 is 0 Å². The molecule has 3 fully saturated rings. The van der Waals surface area contributed by atoms with Crippen molar-refractivity contribution >= 4 is 35.2 Å². The van der Waals surface area contributed by atoms with Crippen molar-refractivity contribution < 1.29 is 28.7 Å². The van der Waals surface area contributed by atoms with Crippen molar-refractivity contribution in [3.8, 4) is 0 Å². The molecule has 0 unspecified atom stereocenters. The third-order valence-corrected chi connectivity index (χ3v) is 7.00. The molecule has 0 radical (unpaired) electrons. The van der Waals surface area contributed by atoms with Crippen LogP contribution in [-0.4, -0.2) is 84.7 Å². The Morgan fingerprint density at radius 2 is 1.79 bits per heavy atom. The lowest BCUT2D eigenvalue weighted by Gasteiger charge is -2.36. The summed E-state index contributed by atoms with van der Waals surface area (Å²) in [5.41, 5.74) is 0.524. The Morgan fingerprint density at radius 3 is 2.44 bits per heavy atom. The molecule has 4 atom stereocenters. The van der Waals surface area contributed by atoms with Crippen LogP contribution in [0.5, 0.6) is 0 Å². The minimum absolute atomic E-state index is 0.110. The Balaban J connectivity index is 1.31. The molecule has 4 aliphatic heterocycles. The number of ether oxygens (including phenoxy) is 2. The van der Waals surface area contributed by atoms with E-state index in [1.807, 2.05) is 12.2 Å². The summed E-state index contributed by atoms with van der Waals surface area (Å²) in [6.45, 7) is 5.43. The summed E-state index contributed by atoms with van der Waals surface area (Å²) >= 11 is 0. The van der Waals surface area contributed by atoms with E-state index in [2.05, 4.69) is 5.32 Å². The molecule has 4 aliphatic rings. The number of hydrogen-bond donors (Lipinski definition) is 1. The highest BCUT2D eigenvalue weighted by Gasteiger charge is 2.67. The molecule has 1 aromatic carbocycles. The van der Waals surface area contributed by atoms with Crippen molar-refractivity contribution in [3.05, 3.63) is 36.4 Å². The second-order valence-corrected chi connectivity index (χ2v) is 9.06. The molecule has 180 valence electrons. The first kappa shape index (κ1) is 22.4. The van der Waals surface area contributed by atoms with Gasteiger partial charge in [-0.3, -0.25) is 14.4 Å². The maximum absolute atomic E-state index is 13.5. The Kier molecular flexibility index (Phi) is 5.55. The van der Waals surface area contributed by atoms with E-state index in [0.717, 1.165) is 0 Å². The lowest BCUT2D eigenvalue weighted by molar-refractivity contribution is -0.141. The number of anilines is 2. The normalized spacial score (nSPS) is 29.4. The van der Waals surface area contributed by atoms with Gasteiger partial charge in [0.15, 0.2) is 0 Å². The van der Waals surface area contributed by atoms with Crippen molar-refractivity contribution in [2.24, 2.45) is 11.8 Å². The predicted molar refractivity (Wildman–Crippen MR) is 122 cm³/mol. The fourth-order valence-corrected chi connectivity index (χ4v) is 5.46. The average Bonchev–Trinajstić information content (AvgIpc) is 3.47. The van der Waals surface area contributed by atoms with Gasteiger partial charge in [-0.05, 0) is 31.2 Å². The molecule has 1 spiro atoms. The molecule has 1 aromatic rings. The number of piperazine rings is 1. The highest BCUT2D eigenvalue weighted by molar-refractivity contribution is 6.03. The fourth-order valence-electron chi connectivity index (χ4n) is 5.46. The average molecular weight is 469 g/mol. The first-order valence-electron chi connectivity index (χ1n) is 11.6. The van der Waals surface area contributed by atoms with Gasteiger partial charge in [-0.1, -0.05) is 12.2 Å². The number of benzene rings is 1. The number of carbonyl (C=O) groups excluding carboxylic acids is 4. The van der Waals surface area contributed by atoms with Gasteiger partial charge in [0.25, 0.3) is 0 Å². The molecule has 0 aromatic heterocycles. The van der Waals surface area contributed by atoms with Crippen molar-refractivity contribution in [1.29, 1.82) is 0 Å². The maximum Gasteiger partial charge on any atom is 0.409 e. The van der Waals surface area contributed by atoms with Crippen LogP contribution in [0.4, 0.5) is 16.2 Å². The van der Waals surface area contributed by atoms with Gasteiger partial charge in [0.1, 0.15) is 5.60 Å². The van der Waals surface area contributed by atoms with Gasteiger partial charge in [-0.2, -0.15) is 0 Å². The summed E-state index contributed by atoms with van der Waals surface area (Å²) in [6, 6.07) is 7.05. The van der Waals surface area contributed by atoms with E-state index in [-0.39, 0.29) is 23.8 Å². The van der Waals surface area contributed by atoms with Crippen LogP contribution in [0.25, 0.3) is 0 Å². The lowest BCUT2D eigenvalue weighted by Crippen LogP contribution is -2.54. The topological polar surface area (TPSA) is 108 Å². The SMILES string of the molecule is CCOC(=O)N1CCN(C(=O)[C@H]2[C@H]3C(=O)N(c4ccc(NC(C)=O)cc4)C[C@]34C=C[C@H]2O4)CC1. The van der Waals surface area contributed by atoms with Crippen LogP contribution in [0, 0.1) is 11.8 Å². The molecule has 10 heteroatoms.